The van der Waals surface area contributed by atoms with E-state index >= 15 is 0 Å². The lowest BCUT2D eigenvalue weighted by molar-refractivity contribution is -0.907. The molecule has 1 aliphatic heterocycles. The van der Waals surface area contributed by atoms with Crippen molar-refractivity contribution < 1.29 is 14.4 Å². The molecule has 0 spiro atoms. The molecule has 2 atom stereocenters. The number of rotatable bonds is 5. The summed E-state index contributed by atoms with van der Waals surface area (Å²) in [4.78, 5) is 14.0. The minimum atomic E-state index is -0.0698. The van der Waals surface area contributed by atoms with Crippen LogP contribution in [0.4, 0.5) is 5.82 Å². The monoisotopic (exact) mass is 381 g/mol. The summed E-state index contributed by atoms with van der Waals surface area (Å²) in [5, 5.41) is 12.7. The van der Waals surface area contributed by atoms with E-state index in [-0.39, 0.29) is 18.1 Å². The number of nitrogens with one attached hydrogen (secondary N) is 2. The van der Waals surface area contributed by atoms with E-state index in [1.165, 1.54) is 4.90 Å². The fraction of sp³-hybridized carbons (Fsp3) is 0.455. The molecule has 148 valence electrons. The summed E-state index contributed by atoms with van der Waals surface area (Å²) in [5.74, 6) is 0.528. The molecule has 0 unspecified atom stereocenters. The van der Waals surface area contributed by atoms with E-state index < -0.39 is 0 Å². The standard InChI is InChI=1S/C22H28N4O2/c1-15-11-25(12-16(2)28-15)14-21(27)24-22-20(10-23)17(3)18(4)26(22)13-19-8-6-5-7-9-19/h5-9,15-16H,11-14H2,1-4H3,(H,24,27)/p+1/t15-,16-/m1/s1. The van der Waals surface area contributed by atoms with Crippen molar-refractivity contribution in [2.75, 3.05) is 25.0 Å². The summed E-state index contributed by atoms with van der Waals surface area (Å²) in [5.41, 5.74) is 3.58. The van der Waals surface area contributed by atoms with Crippen LogP contribution in [0.2, 0.25) is 0 Å². The lowest BCUT2D eigenvalue weighted by Crippen LogP contribution is -3.16. The van der Waals surface area contributed by atoms with E-state index in [2.05, 4.69) is 11.4 Å². The van der Waals surface area contributed by atoms with Crippen LogP contribution in [0, 0.1) is 25.2 Å². The molecule has 2 aromatic rings. The number of quaternary nitrogens is 1. The largest absolute Gasteiger partial charge is 0.364 e. The lowest BCUT2D eigenvalue weighted by atomic mass is 10.2. The third-order valence-corrected chi connectivity index (χ3v) is 5.41. The van der Waals surface area contributed by atoms with Crippen LogP contribution >= 0.6 is 0 Å². The van der Waals surface area contributed by atoms with Gasteiger partial charge in [0.05, 0.1) is 5.56 Å². The van der Waals surface area contributed by atoms with Gasteiger partial charge in [0.1, 0.15) is 37.2 Å². The highest BCUT2D eigenvalue weighted by molar-refractivity contribution is 5.92. The Hall–Kier alpha value is -2.62. The van der Waals surface area contributed by atoms with Gasteiger partial charge in [-0.2, -0.15) is 5.26 Å². The van der Waals surface area contributed by atoms with Crippen LogP contribution in [0.3, 0.4) is 0 Å². The van der Waals surface area contributed by atoms with E-state index in [4.69, 9.17) is 4.74 Å². The average Bonchev–Trinajstić information content (AvgIpc) is 2.85. The van der Waals surface area contributed by atoms with Crippen molar-refractivity contribution in [3.63, 3.8) is 0 Å². The van der Waals surface area contributed by atoms with Gasteiger partial charge >= 0.3 is 0 Å². The van der Waals surface area contributed by atoms with Gasteiger partial charge in [-0.3, -0.25) is 4.79 Å². The number of nitrogens with zero attached hydrogens (tertiary/aromatic N) is 2. The minimum absolute atomic E-state index is 0.0698. The number of benzene rings is 1. The molecule has 6 nitrogen and oxygen atoms in total. The second-order valence-electron chi connectivity index (χ2n) is 7.76. The first-order valence-corrected chi connectivity index (χ1v) is 9.81. The number of nitriles is 1. The van der Waals surface area contributed by atoms with E-state index in [1.807, 2.05) is 62.6 Å². The van der Waals surface area contributed by atoms with E-state index in [0.717, 1.165) is 29.9 Å². The Morgan fingerprint density at radius 2 is 1.89 bits per heavy atom. The van der Waals surface area contributed by atoms with Crippen LogP contribution in [-0.4, -0.2) is 42.3 Å². The van der Waals surface area contributed by atoms with Crippen molar-refractivity contribution in [3.8, 4) is 6.07 Å². The SMILES string of the molecule is Cc1c(C#N)c(NC(=O)C[NH+]2C[C@@H](C)O[C@H](C)C2)n(Cc2ccccc2)c1C. The van der Waals surface area contributed by atoms with Crippen LogP contribution in [0.25, 0.3) is 0 Å². The van der Waals surface area contributed by atoms with Crippen LogP contribution in [0.15, 0.2) is 30.3 Å². The molecular formula is C22H29N4O2+. The molecule has 0 radical (unpaired) electrons. The van der Waals surface area contributed by atoms with Gasteiger partial charge in [-0.25, -0.2) is 0 Å². The smallest absolute Gasteiger partial charge is 0.280 e. The van der Waals surface area contributed by atoms with Gasteiger partial charge in [-0.15, -0.1) is 0 Å². The maximum absolute atomic E-state index is 12.8. The van der Waals surface area contributed by atoms with Gasteiger partial charge in [0.15, 0.2) is 6.54 Å². The highest BCUT2D eigenvalue weighted by atomic mass is 16.5. The molecule has 1 fully saturated rings. The van der Waals surface area contributed by atoms with Gasteiger partial charge in [0.2, 0.25) is 0 Å². The third-order valence-electron chi connectivity index (χ3n) is 5.41. The average molecular weight is 382 g/mol. The fourth-order valence-corrected chi connectivity index (χ4v) is 4.03. The number of carbonyl (C=O) groups excluding carboxylic acids is 1. The maximum atomic E-state index is 12.8. The predicted molar refractivity (Wildman–Crippen MR) is 108 cm³/mol. The Morgan fingerprint density at radius 1 is 1.25 bits per heavy atom. The number of aromatic nitrogens is 1. The summed E-state index contributed by atoms with van der Waals surface area (Å²) in [6.45, 7) is 10.6. The molecule has 1 amide bonds. The zero-order valence-corrected chi connectivity index (χ0v) is 17.1. The molecule has 0 aliphatic carbocycles. The second kappa shape index (κ2) is 8.59. The van der Waals surface area contributed by atoms with Gasteiger partial charge < -0.3 is 19.5 Å². The highest BCUT2D eigenvalue weighted by Gasteiger charge is 2.28. The quantitative estimate of drug-likeness (QED) is 0.827. The first kappa shape index (κ1) is 20.1. The molecule has 6 heteroatoms. The molecule has 1 aromatic carbocycles. The normalized spacial score (nSPS) is 21.9. The number of ether oxygens (including phenoxy) is 1. The van der Waals surface area contributed by atoms with Crippen molar-refractivity contribution >= 4 is 11.7 Å². The van der Waals surface area contributed by atoms with Gasteiger partial charge in [-0.1, -0.05) is 30.3 Å². The van der Waals surface area contributed by atoms with Gasteiger partial charge in [-0.05, 0) is 38.8 Å². The van der Waals surface area contributed by atoms with Crippen LogP contribution in [0.1, 0.15) is 36.2 Å². The van der Waals surface area contributed by atoms with Crippen LogP contribution in [0.5, 0.6) is 0 Å². The molecule has 1 aromatic heterocycles. The number of hydrogen-bond donors (Lipinski definition) is 2. The van der Waals surface area contributed by atoms with E-state index in [0.29, 0.717) is 24.5 Å². The molecule has 1 aliphatic rings. The summed E-state index contributed by atoms with van der Waals surface area (Å²) < 4.78 is 7.79. The summed E-state index contributed by atoms with van der Waals surface area (Å²) in [7, 11) is 0. The molecule has 3 rings (SSSR count). The molecule has 0 bridgehead atoms. The lowest BCUT2D eigenvalue weighted by Gasteiger charge is -2.31. The summed E-state index contributed by atoms with van der Waals surface area (Å²) >= 11 is 0. The van der Waals surface area contributed by atoms with Crippen LogP contribution < -0.4 is 10.2 Å². The number of anilines is 1. The second-order valence-corrected chi connectivity index (χ2v) is 7.76. The van der Waals surface area contributed by atoms with Crippen molar-refractivity contribution in [2.24, 2.45) is 0 Å². The summed E-state index contributed by atoms with van der Waals surface area (Å²) in [6.07, 6.45) is 0.292. The fourth-order valence-electron chi connectivity index (χ4n) is 4.03. The first-order chi connectivity index (χ1) is 13.4. The van der Waals surface area contributed by atoms with Crippen LogP contribution in [-0.2, 0) is 16.1 Å². The molecule has 2 N–H and O–H groups in total. The number of morpholine rings is 1. The number of carbonyl (C=O) groups is 1. The van der Waals surface area contributed by atoms with Crippen molar-refractivity contribution in [3.05, 3.63) is 52.7 Å². The highest BCUT2D eigenvalue weighted by Crippen LogP contribution is 2.27. The number of amides is 1. The van der Waals surface area contributed by atoms with Crippen molar-refractivity contribution in [2.45, 2.75) is 46.4 Å². The van der Waals surface area contributed by atoms with Crippen molar-refractivity contribution in [1.82, 2.24) is 4.57 Å². The molecule has 0 saturated carbocycles. The number of hydrogen-bond acceptors (Lipinski definition) is 3. The topological polar surface area (TPSA) is 71.5 Å². The van der Waals surface area contributed by atoms with E-state index in [9.17, 15) is 10.1 Å². The third kappa shape index (κ3) is 4.44. The zero-order chi connectivity index (χ0) is 20.3. The van der Waals surface area contributed by atoms with E-state index in [1.54, 1.807) is 0 Å². The summed E-state index contributed by atoms with van der Waals surface area (Å²) in [6, 6.07) is 12.3. The Labute approximate surface area is 166 Å². The van der Waals surface area contributed by atoms with Gasteiger partial charge in [0, 0.05) is 12.2 Å². The molecular weight excluding hydrogens is 352 g/mol. The Balaban J connectivity index is 1.81. The molecule has 28 heavy (non-hydrogen) atoms. The predicted octanol–water partition coefficient (Wildman–Crippen LogP) is 1.66. The Kier molecular flexibility index (Phi) is 6.18. The minimum Gasteiger partial charge on any atom is -0.364 e. The maximum Gasteiger partial charge on any atom is 0.280 e. The molecule has 1 saturated heterocycles. The Bertz CT molecular complexity index is 872. The first-order valence-electron chi connectivity index (χ1n) is 9.81. The van der Waals surface area contributed by atoms with Gasteiger partial charge in [0.25, 0.3) is 5.91 Å². The Morgan fingerprint density at radius 3 is 2.50 bits per heavy atom. The van der Waals surface area contributed by atoms with Crippen molar-refractivity contribution in [1.29, 1.82) is 5.26 Å². The molecule has 2 heterocycles. The zero-order valence-electron chi connectivity index (χ0n) is 17.1.